The number of hydrogen-bond acceptors (Lipinski definition) is 2. The fraction of sp³-hybridized carbons (Fsp3) is 0.765. The molecule has 0 saturated carbocycles. The van der Waals surface area contributed by atoms with E-state index in [1.165, 1.54) is 12.8 Å². The fourth-order valence-electron chi connectivity index (χ4n) is 1.77. The number of nitrogens with zero attached hydrogens (tertiary/aromatic N) is 1. The van der Waals surface area contributed by atoms with Gasteiger partial charge in [0.2, 0.25) is 0 Å². The van der Waals surface area contributed by atoms with Crippen LogP contribution in [0.3, 0.4) is 0 Å². The van der Waals surface area contributed by atoms with Crippen molar-refractivity contribution in [3.8, 4) is 11.8 Å². The molecule has 0 radical (unpaired) electrons. The Morgan fingerprint density at radius 3 is 2.16 bits per heavy atom. The van der Waals surface area contributed by atoms with Gasteiger partial charge in [0.1, 0.15) is 0 Å². The molecule has 0 unspecified atom stereocenters. The summed E-state index contributed by atoms with van der Waals surface area (Å²) in [5.74, 6) is 7.60. The summed E-state index contributed by atoms with van der Waals surface area (Å²) < 4.78 is 5.62. The van der Waals surface area contributed by atoms with Gasteiger partial charge in [0.15, 0.2) is 12.5 Å². The van der Waals surface area contributed by atoms with Gasteiger partial charge in [-0.3, -0.25) is 0 Å². The van der Waals surface area contributed by atoms with E-state index in [4.69, 9.17) is 4.74 Å². The van der Waals surface area contributed by atoms with E-state index < -0.39 is 0 Å². The summed E-state index contributed by atoms with van der Waals surface area (Å²) in [6.45, 7) is 16.9. The molecular formula is C17H33NO. The molecule has 112 valence electrons. The largest absolute Gasteiger partial charge is 0.466 e. The van der Waals surface area contributed by atoms with Crippen LogP contribution < -0.4 is 0 Å². The Kier molecular flexibility index (Phi) is 15.9. The van der Waals surface area contributed by atoms with Crippen molar-refractivity contribution in [1.29, 1.82) is 0 Å². The molecule has 1 rings (SSSR count). The lowest BCUT2D eigenvalue weighted by Gasteiger charge is -2.32. The maximum atomic E-state index is 5.62. The molecule has 0 amide bonds. The SMILES string of the molecule is CC.CC.CC#CCO/C(=C/C)N1CCC(C)CC1. The molecule has 0 aromatic heterocycles. The van der Waals surface area contributed by atoms with E-state index in [9.17, 15) is 0 Å². The first-order chi connectivity index (χ1) is 9.27. The molecule has 2 heteroatoms. The second kappa shape index (κ2) is 15.0. The molecule has 1 fully saturated rings. The number of ether oxygens (including phenoxy) is 1. The predicted octanol–water partition coefficient (Wildman–Crippen LogP) is 4.67. The van der Waals surface area contributed by atoms with E-state index in [2.05, 4.69) is 23.7 Å². The molecule has 1 saturated heterocycles. The van der Waals surface area contributed by atoms with E-state index in [1.54, 1.807) is 0 Å². The Balaban J connectivity index is 0. The molecule has 0 aliphatic carbocycles. The van der Waals surface area contributed by atoms with Crippen LogP contribution in [0.2, 0.25) is 0 Å². The fourth-order valence-corrected chi connectivity index (χ4v) is 1.77. The van der Waals surface area contributed by atoms with Gasteiger partial charge < -0.3 is 9.64 Å². The van der Waals surface area contributed by atoms with Crippen LogP contribution in [0.4, 0.5) is 0 Å². The maximum absolute atomic E-state index is 5.62. The summed E-state index contributed by atoms with van der Waals surface area (Å²) in [5, 5.41) is 0. The summed E-state index contributed by atoms with van der Waals surface area (Å²) in [6.07, 6.45) is 4.56. The van der Waals surface area contributed by atoms with E-state index in [0.29, 0.717) is 6.61 Å². The van der Waals surface area contributed by atoms with Crippen LogP contribution in [0, 0.1) is 17.8 Å². The Morgan fingerprint density at radius 1 is 1.21 bits per heavy atom. The van der Waals surface area contributed by atoms with Crippen molar-refractivity contribution < 1.29 is 4.74 Å². The lowest BCUT2D eigenvalue weighted by molar-refractivity contribution is 0.105. The zero-order chi connectivity index (χ0) is 15.1. The molecule has 0 N–H and O–H groups in total. The van der Waals surface area contributed by atoms with Crippen molar-refractivity contribution in [1.82, 2.24) is 4.90 Å². The first-order valence-electron chi connectivity index (χ1n) is 7.71. The number of likely N-dealkylation sites (tertiary alicyclic amines) is 1. The summed E-state index contributed by atoms with van der Waals surface area (Å²) >= 11 is 0. The van der Waals surface area contributed by atoms with Gasteiger partial charge in [-0.2, -0.15) is 0 Å². The average molecular weight is 267 g/mol. The second-order valence-electron chi connectivity index (χ2n) is 4.01. The molecule has 1 aliphatic heterocycles. The number of allylic oxidation sites excluding steroid dienone is 1. The normalized spacial score (nSPS) is 15.1. The third-order valence-corrected chi connectivity index (χ3v) is 2.81. The minimum absolute atomic E-state index is 0.502. The minimum atomic E-state index is 0.502. The summed E-state index contributed by atoms with van der Waals surface area (Å²) in [7, 11) is 0. The highest BCUT2D eigenvalue weighted by molar-refractivity contribution is 4.99. The van der Waals surface area contributed by atoms with Crippen molar-refractivity contribution in [2.24, 2.45) is 5.92 Å². The molecule has 0 aromatic rings. The second-order valence-corrected chi connectivity index (χ2v) is 4.01. The molecule has 0 bridgehead atoms. The number of piperidine rings is 1. The van der Waals surface area contributed by atoms with Gasteiger partial charge in [-0.15, -0.1) is 5.92 Å². The molecule has 19 heavy (non-hydrogen) atoms. The van der Waals surface area contributed by atoms with Gasteiger partial charge in [-0.1, -0.05) is 40.5 Å². The topological polar surface area (TPSA) is 12.5 Å². The van der Waals surface area contributed by atoms with Crippen molar-refractivity contribution in [3.05, 3.63) is 12.0 Å². The standard InChI is InChI=1S/C13H21NO.2C2H6/c1-4-6-11-15-13(5-2)14-9-7-12(3)8-10-14;2*1-2/h5,12H,7-11H2,1-3H3;2*1-2H3/b13-5+;;. The van der Waals surface area contributed by atoms with Crippen LogP contribution in [0.15, 0.2) is 12.0 Å². The van der Waals surface area contributed by atoms with Crippen LogP contribution in [-0.4, -0.2) is 24.6 Å². The smallest absolute Gasteiger partial charge is 0.186 e. The first-order valence-corrected chi connectivity index (χ1v) is 7.71. The third-order valence-electron chi connectivity index (χ3n) is 2.81. The van der Waals surface area contributed by atoms with E-state index in [0.717, 1.165) is 24.9 Å². The van der Waals surface area contributed by atoms with Crippen molar-refractivity contribution in [2.45, 2.75) is 61.3 Å². The van der Waals surface area contributed by atoms with Crippen molar-refractivity contribution in [2.75, 3.05) is 19.7 Å². The first kappa shape index (κ1) is 20.2. The summed E-state index contributed by atoms with van der Waals surface area (Å²) in [4.78, 5) is 2.32. The molecule has 0 aromatic carbocycles. The van der Waals surface area contributed by atoms with Crippen LogP contribution in [0.5, 0.6) is 0 Å². The Labute approximate surface area is 121 Å². The Bertz CT molecular complexity index is 265. The zero-order valence-corrected chi connectivity index (χ0v) is 14.0. The molecule has 2 nitrogen and oxygen atoms in total. The van der Waals surface area contributed by atoms with Gasteiger partial charge in [0.05, 0.1) is 0 Å². The third kappa shape index (κ3) is 9.47. The van der Waals surface area contributed by atoms with Crippen molar-refractivity contribution in [3.63, 3.8) is 0 Å². The molecule has 0 atom stereocenters. The molecule has 0 spiro atoms. The van der Waals surface area contributed by atoms with E-state index >= 15 is 0 Å². The highest BCUT2D eigenvalue weighted by Gasteiger charge is 2.17. The van der Waals surface area contributed by atoms with Gasteiger partial charge in [-0.25, -0.2) is 0 Å². The average Bonchev–Trinajstić information content (AvgIpc) is 2.49. The van der Waals surface area contributed by atoms with Crippen LogP contribution >= 0.6 is 0 Å². The highest BCUT2D eigenvalue weighted by atomic mass is 16.5. The number of hydrogen-bond donors (Lipinski definition) is 0. The quantitative estimate of drug-likeness (QED) is 0.544. The van der Waals surface area contributed by atoms with E-state index in [-0.39, 0.29) is 0 Å². The van der Waals surface area contributed by atoms with E-state index in [1.807, 2.05) is 47.6 Å². The summed E-state index contributed by atoms with van der Waals surface area (Å²) in [6, 6.07) is 0. The molecule has 1 aliphatic rings. The highest BCUT2D eigenvalue weighted by Crippen LogP contribution is 2.19. The van der Waals surface area contributed by atoms with Gasteiger partial charge in [-0.05, 0) is 38.7 Å². The lowest BCUT2D eigenvalue weighted by Crippen LogP contribution is -2.33. The number of rotatable bonds is 3. The van der Waals surface area contributed by atoms with Crippen LogP contribution in [0.1, 0.15) is 61.3 Å². The Hall–Kier alpha value is -1.10. The Morgan fingerprint density at radius 2 is 1.74 bits per heavy atom. The monoisotopic (exact) mass is 267 g/mol. The van der Waals surface area contributed by atoms with Gasteiger partial charge >= 0.3 is 0 Å². The minimum Gasteiger partial charge on any atom is -0.466 e. The summed E-state index contributed by atoms with van der Waals surface area (Å²) in [5.41, 5.74) is 0. The van der Waals surface area contributed by atoms with Crippen LogP contribution in [0.25, 0.3) is 0 Å². The lowest BCUT2D eigenvalue weighted by atomic mass is 9.99. The molecule has 1 heterocycles. The predicted molar refractivity (Wildman–Crippen MR) is 85.8 cm³/mol. The van der Waals surface area contributed by atoms with Crippen molar-refractivity contribution >= 4 is 0 Å². The maximum Gasteiger partial charge on any atom is 0.186 e. The van der Waals surface area contributed by atoms with Gasteiger partial charge in [0.25, 0.3) is 0 Å². The molecular weight excluding hydrogens is 234 g/mol. The van der Waals surface area contributed by atoms with Crippen LogP contribution in [-0.2, 0) is 4.74 Å². The zero-order valence-electron chi connectivity index (χ0n) is 14.0. The van der Waals surface area contributed by atoms with Gasteiger partial charge in [0, 0.05) is 13.1 Å².